The minimum atomic E-state index is -0.340. The zero-order valence-corrected chi connectivity index (χ0v) is 16.1. The molecule has 0 fully saturated rings. The Morgan fingerprint density at radius 1 is 1.22 bits per heavy atom. The van der Waals surface area contributed by atoms with Crippen molar-refractivity contribution < 1.29 is 9.32 Å². The van der Waals surface area contributed by atoms with Crippen molar-refractivity contribution in [2.75, 3.05) is 0 Å². The number of hydrogen-bond donors (Lipinski definition) is 1. The van der Waals surface area contributed by atoms with Crippen molar-refractivity contribution in [3.8, 4) is 11.3 Å². The van der Waals surface area contributed by atoms with Crippen molar-refractivity contribution in [3.63, 3.8) is 0 Å². The molecule has 1 aromatic carbocycles. The molecule has 0 bridgehead atoms. The number of benzene rings is 1. The van der Waals surface area contributed by atoms with Gasteiger partial charge in [0.25, 0.3) is 11.1 Å². The lowest BCUT2D eigenvalue weighted by Gasteiger charge is -2.20. The lowest BCUT2D eigenvalue weighted by atomic mass is 10.1. The minimum absolute atomic E-state index is 0.100. The van der Waals surface area contributed by atoms with Gasteiger partial charge in [-0.2, -0.15) is 0 Å². The second-order valence-corrected chi connectivity index (χ2v) is 7.55. The molecule has 7 nitrogen and oxygen atoms in total. The molecule has 3 rings (SSSR count). The number of hydrogen-bond acceptors (Lipinski definition) is 5. The maximum absolute atomic E-state index is 12.6. The summed E-state index contributed by atoms with van der Waals surface area (Å²) in [7, 11) is 0. The largest absolute Gasteiger partial charge is 0.351 e. The van der Waals surface area contributed by atoms with Crippen LogP contribution >= 0.6 is 0 Å². The van der Waals surface area contributed by atoms with Gasteiger partial charge in [-0.05, 0) is 32.8 Å². The first kappa shape index (κ1) is 18.8. The van der Waals surface area contributed by atoms with E-state index in [1.165, 1.54) is 16.5 Å². The molecule has 0 saturated carbocycles. The maximum Gasteiger partial charge on any atom is 0.299 e. The number of carbonyl (C=O) groups excluding carboxylic acids is 1. The monoisotopic (exact) mass is 368 g/mol. The van der Waals surface area contributed by atoms with Gasteiger partial charge in [-0.25, -0.2) is 4.98 Å². The molecule has 0 saturated heterocycles. The highest BCUT2D eigenvalue weighted by molar-refractivity contribution is 5.87. The summed E-state index contributed by atoms with van der Waals surface area (Å²) in [6.45, 7) is 8.05. The molecule has 0 unspecified atom stereocenters. The van der Waals surface area contributed by atoms with Crippen LogP contribution in [0.3, 0.4) is 0 Å². The molecule has 0 radical (unpaired) electrons. The third-order valence-corrected chi connectivity index (χ3v) is 4.18. The Kier molecular flexibility index (Phi) is 5.12. The molecule has 142 valence electrons. The lowest BCUT2D eigenvalue weighted by molar-refractivity contribution is -0.122. The summed E-state index contributed by atoms with van der Waals surface area (Å²) >= 11 is 0. The summed E-state index contributed by atoms with van der Waals surface area (Å²) in [5.41, 5.74) is 2.49. The minimum Gasteiger partial charge on any atom is -0.351 e. The molecule has 0 spiro atoms. The molecule has 0 aliphatic carbocycles. The molecule has 7 heteroatoms. The summed E-state index contributed by atoms with van der Waals surface area (Å²) in [5.74, 6) is -0.122. The number of rotatable bonds is 5. The molecule has 27 heavy (non-hydrogen) atoms. The Balaban J connectivity index is 1.84. The molecule has 0 atom stereocenters. The zero-order valence-electron chi connectivity index (χ0n) is 16.1. The number of carbonyl (C=O) groups is 1. The second kappa shape index (κ2) is 7.34. The van der Waals surface area contributed by atoms with Crippen LogP contribution in [0.4, 0.5) is 0 Å². The smallest absolute Gasteiger partial charge is 0.299 e. The Morgan fingerprint density at radius 3 is 2.56 bits per heavy atom. The van der Waals surface area contributed by atoms with Crippen LogP contribution in [0, 0.1) is 0 Å². The number of nitrogens with one attached hydrogen (secondary N) is 1. The van der Waals surface area contributed by atoms with Crippen LogP contribution in [0.25, 0.3) is 22.4 Å². The van der Waals surface area contributed by atoms with Gasteiger partial charge < -0.3 is 9.84 Å². The van der Waals surface area contributed by atoms with Gasteiger partial charge in [-0.1, -0.05) is 36.3 Å². The molecule has 2 aromatic heterocycles. The van der Waals surface area contributed by atoms with E-state index in [-0.39, 0.29) is 35.6 Å². The van der Waals surface area contributed by atoms with E-state index in [0.717, 1.165) is 12.0 Å². The van der Waals surface area contributed by atoms with Crippen LogP contribution in [0.2, 0.25) is 0 Å². The average Bonchev–Trinajstić information content (AvgIpc) is 3.04. The molecule has 2 heterocycles. The fraction of sp³-hybridized carbons (Fsp3) is 0.400. The Bertz CT molecular complexity index is 1010. The van der Waals surface area contributed by atoms with Crippen LogP contribution in [0.5, 0.6) is 0 Å². The first-order chi connectivity index (χ1) is 12.8. The lowest BCUT2D eigenvalue weighted by Crippen LogP contribution is -2.41. The van der Waals surface area contributed by atoms with Gasteiger partial charge in [0.1, 0.15) is 11.2 Å². The fourth-order valence-corrected chi connectivity index (χ4v) is 2.81. The first-order valence-electron chi connectivity index (χ1n) is 9.03. The molecular weight excluding hydrogens is 344 g/mol. The van der Waals surface area contributed by atoms with Crippen molar-refractivity contribution in [1.82, 2.24) is 20.0 Å². The van der Waals surface area contributed by atoms with E-state index in [1.54, 1.807) is 0 Å². The van der Waals surface area contributed by atoms with Gasteiger partial charge in [0.2, 0.25) is 5.91 Å². The van der Waals surface area contributed by atoms with Crippen molar-refractivity contribution in [2.24, 2.45) is 0 Å². The topological polar surface area (TPSA) is 90.0 Å². The summed E-state index contributed by atoms with van der Waals surface area (Å²) < 4.78 is 6.65. The van der Waals surface area contributed by atoms with Gasteiger partial charge in [0.05, 0.1) is 6.33 Å². The molecule has 1 N–H and O–H groups in total. The number of aromatic nitrogens is 3. The summed E-state index contributed by atoms with van der Waals surface area (Å²) in [4.78, 5) is 28.9. The van der Waals surface area contributed by atoms with Gasteiger partial charge >= 0.3 is 0 Å². The highest BCUT2D eigenvalue weighted by Gasteiger charge is 2.18. The summed E-state index contributed by atoms with van der Waals surface area (Å²) in [6.07, 6.45) is 2.57. The van der Waals surface area contributed by atoms with Crippen LogP contribution in [-0.2, 0) is 17.8 Å². The second-order valence-electron chi connectivity index (χ2n) is 7.55. The van der Waals surface area contributed by atoms with Crippen molar-refractivity contribution in [2.45, 2.75) is 52.6 Å². The number of fused-ring (bicyclic) bond motifs is 1. The van der Waals surface area contributed by atoms with E-state index in [4.69, 9.17) is 4.52 Å². The van der Waals surface area contributed by atoms with E-state index >= 15 is 0 Å². The van der Waals surface area contributed by atoms with Crippen LogP contribution in [0.15, 0.2) is 39.9 Å². The van der Waals surface area contributed by atoms with Gasteiger partial charge in [0.15, 0.2) is 0 Å². The number of amides is 1. The molecule has 0 aliphatic rings. The highest BCUT2D eigenvalue weighted by Crippen LogP contribution is 2.24. The maximum atomic E-state index is 12.6. The van der Waals surface area contributed by atoms with E-state index < -0.39 is 0 Å². The van der Waals surface area contributed by atoms with E-state index in [0.29, 0.717) is 11.2 Å². The van der Waals surface area contributed by atoms with Crippen LogP contribution in [-0.4, -0.2) is 26.2 Å². The van der Waals surface area contributed by atoms with Gasteiger partial charge in [0, 0.05) is 24.1 Å². The zero-order chi connectivity index (χ0) is 19.6. The predicted molar refractivity (Wildman–Crippen MR) is 103 cm³/mol. The third kappa shape index (κ3) is 4.24. The van der Waals surface area contributed by atoms with Crippen molar-refractivity contribution >= 4 is 17.0 Å². The van der Waals surface area contributed by atoms with Crippen molar-refractivity contribution in [1.29, 1.82) is 0 Å². The Hall–Kier alpha value is -2.96. The Morgan fingerprint density at radius 2 is 1.93 bits per heavy atom. The number of nitrogens with zero attached hydrogens (tertiary/aromatic N) is 3. The van der Waals surface area contributed by atoms with Crippen LogP contribution < -0.4 is 10.9 Å². The summed E-state index contributed by atoms with van der Waals surface area (Å²) in [5, 5.41) is 6.91. The summed E-state index contributed by atoms with van der Waals surface area (Å²) in [6, 6.07) is 7.93. The number of aryl methyl sites for hydroxylation is 2. The van der Waals surface area contributed by atoms with Gasteiger partial charge in [-0.15, -0.1) is 0 Å². The Labute approximate surface area is 157 Å². The van der Waals surface area contributed by atoms with E-state index in [1.807, 2.05) is 45.0 Å². The van der Waals surface area contributed by atoms with Crippen molar-refractivity contribution in [3.05, 3.63) is 46.5 Å². The highest BCUT2D eigenvalue weighted by atomic mass is 16.5. The fourth-order valence-electron chi connectivity index (χ4n) is 2.81. The molecule has 1 amide bonds. The first-order valence-corrected chi connectivity index (χ1v) is 9.03. The van der Waals surface area contributed by atoms with E-state index in [2.05, 4.69) is 22.4 Å². The molecule has 3 aromatic rings. The standard InChI is InChI=1S/C20H24N4O3/c1-5-13-6-8-14(9-7-13)16-17-18(27-23-16)19(26)24(12-21-17)11-10-15(25)22-20(2,3)4/h6-9,12H,5,10-11H2,1-4H3,(H,22,25). The molecular formula is C20H24N4O3. The third-order valence-electron chi connectivity index (χ3n) is 4.18. The normalized spacial score (nSPS) is 11.7. The van der Waals surface area contributed by atoms with Gasteiger partial charge in [-0.3, -0.25) is 14.2 Å². The predicted octanol–water partition coefficient (Wildman–Crippen LogP) is 2.92. The van der Waals surface area contributed by atoms with E-state index in [9.17, 15) is 9.59 Å². The average molecular weight is 368 g/mol. The SMILES string of the molecule is CCc1ccc(-c2noc3c(=O)n(CCC(=O)NC(C)(C)C)cnc23)cc1. The molecule has 0 aliphatic heterocycles. The van der Waals surface area contributed by atoms with Crippen LogP contribution in [0.1, 0.15) is 39.7 Å². The quantitative estimate of drug-likeness (QED) is 0.748.